The molecule has 1 aliphatic carbocycles. The van der Waals surface area contributed by atoms with Crippen LogP contribution in [-0.4, -0.2) is 29.9 Å². The number of hydrogen-bond acceptors (Lipinski definition) is 4. The summed E-state index contributed by atoms with van der Waals surface area (Å²) in [5.74, 6) is 1.60. The van der Waals surface area contributed by atoms with E-state index in [2.05, 4.69) is 41.4 Å². The maximum absolute atomic E-state index is 13.1. The highest BCUT2D eigenvalue weighted by Gasteiger charge is 2.52. The molecule has 0 saturated heterocycles. The Labute approximate surface area is 158 Å². The molecule has 2 unspecified atom stereocenters. The minimum absolute atomic E-state index is 0.0831. The first-order chi connectivity index (χ1) is 13.0. The Morgan fingerprint density at radius 2 is 1.96 bits per heavy atom. The van der Waals surface area contributed by atoms with E-state index in [9.17, 15) is 4.79 Å². The molecule has 2 aromatic rings. The molecular formula is C22H23N3O2. The Kier molecular flexibility index (Phi) is 3.39. The topological polar surface area (TPSA) is 67.9 Å². The molecule has 2 aromatic carbocycles. The molecule has 0 bridgehead atoms. The summed E-state index contributed by atoms with van der Waals surface area (Å²) in [7, 11) is 1.68. The van der Waals surface area contributed by atoms with Gasteiger partial charge in [0.15, 0.2) is 11.5 Å². The second-order valence-corrected chi connectivity index (χ2v) is 7.94. The summed E-state index contributed by atoms with van der Waals surface area (Å²) in [6.45, 7) is 1.97. The highest BCUT2D eigenvalue weighted by molar-refractivity contribution is 6.07. The minimum Gasteiger partial charge on any atom is -0.490 e. The maximum atomic E-state index is 13.1. The fraction of sp³-hybridized carbons (Fsp3) is 0.364. The zero-order valence-electron chi connectivity index (χ0n) is 15.6. The van der Waals surface area contributed by atoms with Crippen molar-refractivity contribution in [2.75, 3.05) is 7.05 Å². The second kappa shape index (κ2) is 5.59. The van der Waals surface area contributed by atoms with Crippen LogP contribution in [0.1, 0.15) is 43.2 Å². The maximum Gasteiger partial charge on any atom is 0.261 e. The van der Waals surface area contributed by atoms with Crippen LogP contribution in [0.4, 0.5) is 0 Å². The van der Waals surface area contributed by atoms with E-state index in [-0.39, 0.29) is 18.0 Å². The van der Waals surface area contributed by atoms with Crippen molar-refractivity contribution in [3.63, 3.8) is 0 Å². The first kappa shape index (κ1) is 16.4. The van der Waals surface area contributed by atoms with E-state index in [1.54, 1.807) is 7.05 Å². The van der Waals surface area contributed by atoms with Crippen molar-refractivity contribution in [3.8, 4) is 16.9 Å². The van der Waals surface area contributed by atoms with Gasteiger partial charge in [0.25, 0.3) is 5.91 Å². The monoisotopic (exact) mass is 361 g/mol. The average molecular weight is 361 g/mol. The molecule has 2 heterocycles. The quantitative estimate of drug-likeness (QED) is 0.891. The van der Waals surface area contributed by atoms with Gasteiger partial charge in [-0.3, -0.25) is 9.69 Å². The molecule has 0 aromatic heterocycles. The van der Waals surface area contributed by atoms with Crippen molar-refractivity contribution in [2.45, 2.75) is 43.7 Å². The number of hydrogen-bond donors (Lipinski definition) is 1. The van der Waals surface area contributed by atoms with Gasteiger partial charge >= 0.3 is 0 Å². The second-order valence-electron chi connectivity index (χ2n) is 7.94. The van der Waals surface area contributed by atoms with Gasteiger partial charge in [0.1, 0.15) is 5.75 Å². The number of guanidine groups is 1. The van der Waals surface area contributed by atoms with Gasteiger partial charge in [-0.1, -0.05) is 30.3 Å². The normalized spacial score (nSPS) is 26.7. The van der Waals surface area contributed by atoms with E-state index in [1.807, 2.05) is 13.0 Å². The summed E-state index contributed by atoms with van der Waals surface area (Å²) in [5.41, 5.74) is 9.46. The van der Waals surface area contributed by atoms with Crippen LogP contribution in [0.2, 0.25) is 0 Å². The molecular weight excluding hydrogens is 338 g/mol. The van der Waals surface area contributed by atoms with Crippen LogP contribution in [0.15, 0.2) is 47.5 Å². The molecule has 1 amide bonds. The van der Waals surface area contributed by atoms with Crippen LogP contribution < -0.4 is 10.5 Å². The number of fused-ring (bicyclic) bond motifs is 2. The Hall–Kier alpha value is -2.82. The molecule has 5 heteroatoms. The number of ether oxygens (including phenoxy) is 1. The van der Waals surface area contributed by atoms with E-state index >= 15 is 0 Å². The number of nitrogens with two attached hydrogens (primary N) is 1. The molecule has 0 radical (unpaired) electrons. The number of carbonyl (C=O) groups is 1. The van der Waals surface area contributed by atoms with Crippen LogP contribution >= 0.6 is 0 Å². The Bertz CT molecular complexity index is 979. The standard InChI is InChI=1S/C22H23N3O2/c1-13-12-22(20(26)25(2)21(23)24-22)18-11-17(8-9-19(18)27-13)16-5-3-4-15(10-16)14-6-7-14/h3-5,8-11,13-14H,6-7,12H2,1-2H3,(H2,23,24). The molecule has 2 aliphatic heterocycles. The summed E-state index contributed by atoms with van der Waals surface area (Å²) >= 11 is 0. The first-order valence-electron chi connectivity index (χ1n) is 9.53. The largest absolute Gasteiger partial charge is 0.490 e. The molecule has 5 rings (SSSR count). The Balaban J connectivity index is 1.64. The lowest BCUT2D eigenvalue weighted by Crippen LogP contribution is -2.45. The van der Waals surface area contributed by atoms with E-state index < -0.39 is 5.54 Å². The lowest BCUT2D eigenvalue weighted by Gasteiger charge is -2.35. The van der Waals surface area contributed by atoms with Gasteiger partial charge in [-0.25, -0.2) is 4.99 Å². The van der Waals surface area contributed by atoms with Crippen molar-refractivity contribution in [3.05, 3.63) is 53.6 Å². The zero-order valence-corrected chi connectivity index (χ0v) is 15.6. The number of rotatable bonds is 2. The summed E-state index contributed by atoms with van der Waals surface area (Å²) in [4.78, 5) is 19.1. The number of likely N-dealkylation sites (N-methyl/N-ethyl adjacent to an activating group) is 1. The third kappa shape index (κ3) is 2.45. The molecule has 1 saturated carbocycles. The predicted molar refractivity (Wildman–Crippen MR) is 105 cm³/mol. The molecule has 1 fully saturated rings. The Morgan fingerprint density at radius 3 is 2.67 bits per heavy atom. The molecule has 5 nitrogen and oxygen atoms in total. The van der Waals surface area contributed by atoms with E-state index in [1.165, 1.54) is 23.3 Å². The van der Waals surface area contributed by atoms with E-state index in [4.69, 9.17) is 10.5 Å². The SMILES string of the molecule is CC1CC2(N=C(N)N(C)C2=O)c2cc(-c3cccc(C4CC4)c3)ccc2O1. The highest BCUT2D eigenvalue weighted by Crippen LogP contribution is 2.47. The third-order valence-corrected chi connectivity index (χ3v) is 5.91. The molecule has 138 valence electrons. The van der Waals surface area contributed by atoms with Crippen LogP contribution in [-0.2, 0) is 10.3 Å². The predicted octanol–water partition coefficient (Wildman–Crippen LogP) is 3.38. The lowest BCUT2D eigenvalue weighted by atomic mass is 9.81. The molecule has 1 spiro atoms. The smallest absolute Gasteiger partial charge is 0.261 e. The van der Waals surface area contributed by atoms with Crippen molar-refractivity contribution in [2.24, 2.45) is 10.7 Å². The van der Waals surface area contributed by atoms with Gasteiger partial charge in [-0.2, -0.15) is 0 Å². The van der Waals surface area contributed by atoms with Crippen molar-refractivity contribution in [1.82, 2.24) is 4.90 Å². The molecule has 3 aliphatic rings. The molecule has 2 atom stereocenters. The van der Waals surface area contributed by atoms with Gasteiger partial charge < -0.3 is 10.5 Å². The fourth-order valence-corrected chi connectivity index (χ4v) is 4.32. The number of nitrogens with zero attached hydrogens (tertiary/aromatic N) is 2. The number of aliphatic imine (C=N–C) groups is 1. The lowest BCUT2D eigenvalue weighted by molar-refractivity contribution is -0.132. The summed E-state index contributed by atoms with van der Waals surface area (Å²) in [6, 6.07) is 14.8. The van der Waals surface area contributed by atoms with Gasteiger partial charge in [0.05, 0.1) is 6.10 Å². The molecule has 2 N–H and O–H groups in total. The Morgan fingerprint density at radius 1 is 1.19 bits per heavy atom. The number of carbonyl (C=O) groups excluding carboxylic acids is 1. The van der Waals surface area contributed by atoms with Crippen LogP contribution in [0.5, 0.6) is 5.75 Å². The van der Waals surface area contributed by atoms with Crippen molar-refractivity contribution < 1.29 is 9.53 Å². The number of amides is 1. The van der Waals surface area contributed by atoms with E-state index in [0.717, 1.165) is 22.4 Å². The van der Waals surface area contributed by atoms with E-state index in [0.29, 0.717) is 12.3 Å². The van der Waals surface area contributed by atoms with Gasteiger partial charge in [0, 0.05) is 19.0 Å². The van der Waals surface area contributed by atoms with Crippen LogP contribution in [0.25, 0.3) is 11.1 Å². The number of benzene rings is 2. The summed E-state index contributed by atoms with van der Waals surface area (Å²) in [5, 5.41) is 0. The summed E-state index contributed by atoms with van der Waals surface area (Å²) < 4.78 is 6.02. The van der Waals surface area contributed by atoms with Crippen LogP contribution in [0, 0.1) is 0 Å². The van der Waals surface area contributed by atoms with Gasteiger partial charge in [-0.05, 0) is 54.5 Å². The fourth-order valence-electron chi connectivity index (χ4n) is 4.32. The van der Waals surface area contributed by atoms with Gasteiger partial charge in [0.2, 0.25) is 0 Å². The first-order valence-corrected chi connectivity index (χ1v) is 9.53. The van der Waals surface area contributed by atoms with Crippen molar-refractivity contribution in [1.29, 1.82) is 0 Å². The van der Waals surface area contributed by atoms with Crippen molar-refractivity contribution >= 4 is 11.9 Å². The third-order valence-electron chi connectivity index (χ3n) is 5.91. The minimum atomic E-state index is -0.976. The summed E-state index contributed by atoms with van der Waals surface area (Å²) in [6.07, 6.45) is 2.94. The van der Waals surface area contributed by atoms with Crippen LogP contribution in [0.3, 0.4) is 0 Å². The highest BCUT2D eigenvalue weighted by atomic mass is 16.5. The average Bonchev–Trinajstić information content (AvgIpc) is 3.48. The molecule has 27 heavy (non-hydrogen) atoms. The van der Waals surface area contributed by atoms with Gasteiger partial charge in [-0.15, -0.1) is 0 Å². The zero-order chi connectivity index (χ0) is 18.8.